The van der Waals surface area contributed by atoms with Crippen molar-refractivity contribution in [2.75, 3.05) is 17.4 Å². The summed E-state index contributed by atoms with van der Waals surface area (Å²) in [5, 5.41) is 12.8. The van der Waals surface area contributed by atoms with E-state index in [2.05, 4.69) is 31.7 Å². The van der Waals surface area contributed by atoms with Crippen LogP contribution < -0.4 is 35.7 Å². The number of para-hydroxylation sites is 3. The van der Waals surface area contributed by atoms with Crippen LogP contribution in [0.1, 0.15) is 54.0 Å². The Morgan fingerprint density at radius 2 is 1.11 bits per heavy atom. The van der Waals surface area contributed by atoms with Gasteiger partial charge in [0.15, 0.2) is 17.6 Å². The van der Waals surface area contributed by atoms with Crippen LogP contribution in [0.3, 0.4) is 0 Å². The van der Waals surface area contributed by atoms with E-state index in [9.17, 15) is 45.5 Å². The quantitative estimate of drug-likeness (QED) is 0.0966. The number of hydrazone groups is 2. The van der Waals surface area contributed by atoms with Gasteiger partial charge in [-0.15, -0.1) is 0 Å². The third-order valence-corrected chi connectivity index (χ3v) is 8.34. The molecule has 13 nitrogen and oxygen atoms in total. The van der Waals surface area contributed by atoms with Crippen molar-refractivity contribution in [1.29, 1.82) is 0 Å². The molecule has 4 N–H and O–H groups in total. The maximum Gasteiger partial charge on any atom is 0.418 e. The van der Waals surface area contributed by atoms with Crippen LogP contribution in [0.15, 0.2) is 101 Å². The van der Waals surface area contributed by atoms with Crippen LogP contribution in [0.5, 0.6) is 17.2 Å². The van der Waals surface area contributed by atoms with Crippen LogP contribution in [0.2, 0.25) is 0 Å². The molecule has 4 amide bonds. The fourth-order valence-corrected chi connectivity index (χ4v) is 5.65. The summed E-state index contributed by atoms with van der Waals surface area (Å²) >= 11 is 0. The Morgan fingerprint density at radius 3 is 1.70 bits per heavy atom. The summed E-state index contributed by atoms with van der Waals surface area (Å²) in [5.41, 5.74) is 2.27. The number of alkyl halides is 6. The summed E-state index contributed by atoms with van der Waals surface area (Å²) in [6.45, 7) is -0.0366. The Bertz CT molecular complexity index is 2260. The lowest BCUT2D eigenvalue weighted by Crippen LogP contribution is -2.37. The molecule has 1 unspecified atom stereocenters. The minimum atomic E-state index is -4.73. The summed E-state index contributed by atoms with van der Waals surface area (Å²) in [6, 6.07) is 20.1. The molecule has 0 spiro atoms. The number of ether oxygens (including phenoxy) is 3. The Balaban J connectivity index is 1.20. The standard InChI is InChI=1S/C38H30F6N6O7/c39-37(40,41)23-8-2-4-10-25(23)45-30(51)15-17-32(53)47-49-34-22-7-1-6-12-27(22)57-36(21-13-14-28-29(19-21)56-20-55-28)35(34)50-48-33(54)18-16-31(52)46-26-11-5-3-9-24(26)38(42,43)44/h1-14,19,36H,15-18,20H2,(H,45,51)(H,46,52)(H,47,53)(H,48,54)/b49-34?,50-35-. The fourth-order valence-electron chi connectivity index (χ4n) is 5.65. The number of hydrogen-bond donors (Lipinski definition) is 4. The Labute approximate surface area is 319 Å². The lowest BCUT2D eigenvalue weighted by molar-refractivity contribution is -0.138. The first-order chi connectivity index (χ1) is 27.2. The van der Waals surface area contributed by atoms with E-state index < -0.39 is 90.3 Å². The van der Waals surface area contributed by atoms with Crippen molar-refractivity contribution in [3.05, 3.63) is 113 Å². The van der Waals surface area contributed by atoms with Gasteiger partial charge in [-0.25, -0.2) is 10.9 Å². The van der Waals surface area contributed by atoms with Crippen molar-refractivity contribution >= 4 is 46.4 Å². The Morgan fingerprint density at radius 1 is 0.596 bits per heavy atom. The number of hydrogen-bond acceptors (Lipinski definition) is 9. The number of halogens is 6. The van der Waals surface area contributed by atoms with Crippen molar-refractivity contribution < 1.29 is 59.7 Å². The van der Waals surface area contributed by atoms with Crippen LogP contribution in [0.4, 0.5) is 37.7 Å². The molecule has 0 bridgehead atoms. The fraction of sp³-hybridized carbons (Fsp3) is 0.211. The number of carbonyl (C=O) groups excluding carboxylic acids is 4. The van der Waals surface area contributed by atoms with Gasteiger partial charge in [0.2, 0.25) is 30.4 Å². The molecule has 0 saturated carbocycles. The third kappa shape index (κ3) is 9.85. The summed E-state index contributed by atoms with van der Waals surface area (Å²) in [7, 11) is 0. The zero-order valence-electron chi connectivity index (χ0n) is 29.3. The lowest BCUT2D eigenvalue weighted by atomic mass is 9.93. The summed E-state index contributed by atoms with van der Waals surface area (Å²) < 4.78 is 97.5. The molecule has 1 atom stereocenters. The predicted octanol–water partition coefficient (Wildman–Crippen LogP) is 6.72. The van der Waals surface area contributed by atoms with Gasteiger partial charge in [0.05, 0.1) is 22.5 Å². The van der Waals surface area contributed by atoms with Gasteiger partial charge < -0.3 is 24.8 Å². The van der Waals surface area contributed by atoms with Gasteiger partial charge in [0.1, 0.15) is 17.2 Å². The number of fused-ring (bicyclic) bond motifs is 2. The zero-order chi connectivity index (χ0) is 40.7. The molecule has 4 aromatic rings. The molecule has 0 saturated heterocycles. The molecule has 2 aliphatic heterocycles. The van der Waals surface area contributed by atoms with E-state index in [0.717, 1.165) is 24.3 Å². The molecule has 296 valence electrons. The van der Waals surface area contributed by atoms with Crippen LogP contribution in [0, 0.1) is 0 Å². The van der Waals surface area contributed by atoms with Gasteiger partial charge in [-0.2, -0.15) is 36.5 Å². The number of amides is 4. The highest BCUT2D eigenvalue weighted by molar-refractivity contribution is 6.51. The molecular weight excluding hydrogens is 766 g/mol. The summed E-state index contributed by atoms with van der Waals surface area (Å²) in [6.07, 6.45) is -12.6. The molecule has 19 heteroatoms. The molecule has 2 aliphatic rings. The molecule has 0 radical (unpaired) electrons. The second-order valence-corrected chi connectivity index (χ2v) is 12.3. The monoisotopic (exact) mass is 796 g/mol. The number of carbonyl (C=O) groups is 4. The first-order valence-corrected chi connectivity index (χ1v) is 17.0. The van der Waals surface area contributed by atoms with Crippen molar-refractivity contribution in [3.63, 3.8) is 0 Å². The minimum Gasteiger partial charge on any atom is -0.478 e. The molecule has 6 rings (SSSR count). The first-order valence-electron chi connectivity index (χ1n) is 17.0. The van der Waals surface area contributed by atoms with Gasteiger partial charge >= 0.3 is 12.4 Å². The van der Waals surface area contributed by atoms with E-state index in [1.165, 1.54) is 24.3 Å². The van der Waals surface area contributed by atoms with E-state index in [1.807, 2.05) is 0 Å². The molecule has 2 heterocycles. The molecule has 0 aliphatic carbocycles. The number of rotatable bonds is 11. The Kier molecular flexibility index (Phi) is 11.7. The van der Waals surface area contributed by atoms with Gasteiger partial charge in [-0.1, -0.05) is 42.5 Å². The minimum absolute atomic E-state index is 0.00164. The number of benzene rings is 4. The number of nitrogens with one attached hydrogen (secondary N) is 4. The summed E-state index contributed by atoms with van der Waals surface area (Å²) in [5.74, 6) is -2.23. The van der Waals surface area contributed by atoms with Crippen molar-refractivity contribution in [2.24, 2.45) is 10.2 Å². The average molecular weight is 797 g/mol. The predicted molar refractivity (Wildman–Crippen MR) is 191 cm³/mol. The second-order valence-electron chi connectivity index (χ2n) is 12.3. The van der Waals surface area contributed by atoms with E-state index in [1.54, 1.807) is 42.5 Å². The lowest BCUT2D eigenvalue weighted by Gasteiger charge is -2.29. The molecule has 4 aromatic carbocycles. The SMILES string of the molecule is O=C(CCC(=O)Nc1ccccc1C(F)(F)F)NN=C1/C(=N/NC(=O)CCC(=O)Nc2ccccc2C(F)(F)F)C(c2ccc3c(c2)OCO3)Oc2ccccc21. The molecular formula is C38H30F6N6O7. The zero-order valence-corrected chi connectivity index (χ0v) is 29.3. The van der Waals surface area contributed by atoms with Crippen LogP contribution >= 0.6 is 0 Å². The number of anilines is 2. The van der Waals surface area contributed by atoms with Crippen molar-refractivity contribution in [2.45, 2.75) is 44.1 Å². The van der Waals surface area contributed by atoms with Gasteiger partial charge in [0.25, 0.3) is 0 Å². The van der Waals surface area contributed by atoms with Crippen LogP contribution in [-0.4, -0.2) is 41.8 Å². The summed E-state index contributed by atoms with van der Waals surface area (Å²) in [4.78, 5) is 51.0. The van der Waals surface area contributed by atoms with E-state index in [4.69, 9.17) is 14.2 Å². The second kappa shape index (κ2) is 16.8. The smallest absolute Gasteiger partial charge is 0.418 e. The third-order valence-electron chi connectivity index (χ3n) is 8.34. The van der Waals surface area contributed by atoms with E-state index in [0.29, 0.717) is 22.6 Å². The molecule has 57 heavy (non-hydrogen) atoms. The van der Waals surface area contributed by atoms with Crippen molar-refractivity contribution in [1.82, 2.24) is 10.9 Å². The maximum atomic E-state index is 13.4. The van der Waals surface area contributed by atoms with E-state index >= 15 is 0 Å². The molecule has 0 aromatic heterocycles. The largest absolute Gasteiger partial charge is 0.478 e. The number of nitrogens with zero attached hydrogens (tertiary/aromatic N) is 2. The van der Waals surface area contributed by atoms with Gasteiger partial charge in [0, 0.05) is 36.8 Å². The highest BCUT2D eigenvalue weighted by Gasteiger charge is 2.36. The maximum absolute atomic E-state index is 13.4. The normalized spacial score (nSPS) is 16.0. The highest BCUT2D eigenvalue weighted by atomic mass is 19.4. The topological polar surface area (TPSA) is 169 Å². The van der Waals surface area contributed by atoms with Gasteiger partial charge in [-0.3, -0.25) is 19.2 Å². The van der Waals surface area contributed by atoms with Crippen molar-refractivity contribution in [3.8, 4) is 17.2 Å². The average Bonchev–Trinajstić information content (AvgIpc) is 3.65. The van der Waals surface area contributed by atoms with Crippen LogP contribution in [-0.2, 0) is 31.5 Å². The molecule has 0 fully saturated rings. The van der Waals surface area contributed by atoms with Gasteiger partial charge in [-0.05, 0) is 48.5 Å². The Hall–Kier alpha value is -6.92. The highest BCUT2D eigenvalue weighted by Crippen LogP contribution is 2.39. The first kappa shape index (κ1) is 39.8. The van der Waals surface area contributed by atoms with E-state index in [-0.39, 0.29) is 24.0 Å². The van der Waals surface area contributed by atoms with Crippen LogP contribution in [0.25, 0.3) is 0 Å².